The van der Waals surface area contributed by atoms with Gasteiger partial charge in [0.05, 0.1) is 0 Å². The highest BCUT2D eigenvalue weighted by molar-refractivity contribution is 6.21. The van der Waals surface area contributed by atoms with Gasteiger partial charge in [0, 0.05) is 10.9 Å². The average molecular weight is 551 g/mol. The average Bonchev–Trinajstić information content (AvgIpc) is 3.37. The molecule has 1 aromatic heterocycles. The molecule has 7 aromatic carbocycles. The zero-order valence-corrected chi connectivity index (χ0v) is 24.3. The van der Waals surface area contributed by atoms with Crippen LogP contribution in [-0.2, 0) is 0 Å². The van der Waals surface area contributed by atoms with Crippen LogP contribution >= 0.6 is 0 Å². The van der Waals surface area contributed by atoms with Gasteiger partial charge in [0.15, 0.2) is 0 Å². The van der Waals surface area contributed by atoms with Crippen molar-refractivity contribution in [3.8, 4) is 33.4 Å². The second kappa shape index (κ2) is 10.2. The van der Waals surface area contributed by atoms with E-state index in [1.807, 2.05) is 6.92 Å². The summed E-state index contributed by atoms with van der Waals surface area (Å²) in [5, 5.41) is 8.69. The van der Waals surface area contributed by atoms with E-state index in [1.54, 1.807) is 0 Å². The molecule has 0 saturated carbocycles. The van der Waals surface area contributed by atoms with Crippen molar-refractivity contribution in [1.29, 1.82) is 0 Å². The van der Waals surface area contributed by atoms with Crippen LogP contribution in [-0.4, -0.2) is 0 Å². The van der Waals surface area contributed by atoms with E-state index in [4.69, 9.17) is 4.42 Å². The molecular formula is C42H30O. The molecule has 0 bridgehead atoms. The van der Waals surface area contributed by atoms with Crippen LogP contribution < -0.4 is 0 Å². The third kappa shape index (κ3) is 4.16. The molecule has 0 spiro atoms. The maximum absolute atomic E-state index is 6.11. The van der Waals surface area contributed by atoms with Gasteiger partial charge in [-0.2, -0.15) is 0 Å². The second-order valence-electron chi connectivity index (χ2n) is 11.3. The van der Waals surface area contributed by atoms with E-state index in [1.165, 1.54) is 65.7 Å². The van der Waals surface area contributed by atoms with Gasteiger partial charge in [-0.1, -0.05) is 127 Å². The summed E-state index contributed by atoms with van der Waals surface area (Å²) in [4.78, 5) is 0. The molecule has 8 aromatic rings. The fourth-order valence-corrected chi connectivity index (χ4v) is 6.72. The predicted molar refractivity (Wildman–Crippen MR) is 184 cm³/mol. The molecule has 0 fully saturated rings. The summed E-state index contributed by atoms with van der Waals surface area (Å²) in [6.07, 6.45) is 4.22. The Morgan fingerprint density at radius 3 is 1.65 bits per heavy atom. The fraction of sp³-hybridized carbons (Fsp3) is 0.0476. The molecule has 1 heterocycles. The van der Waals surface area contributed by atoms with Crippen LogP contribution in [0.15, 0.2) is 144 Å². The summed E-state index contributed by atoms with van der Waals surface area (Å²) >= 11 is 0. The van der Waals surface area contributed by atoms with Crippen molar-refractivity contribution in [3.63, 3.8) is 0 Å². The molecule has 0 aliphatic carbocycles. The summed E-state index contributed by atoms with van der Waals surface area (Å²) in [5.41, 5.74) is 9.48. The van der Waals surface area contributed by atoms with E-state index in [-0.39, 0.29) is 0 Å². The van der Waals surface area contributed by atoms with Crippen LogP contribution in [0.4, 0.5) is 0 Å². The van der Waals surface area contributed by atoms with Crippen molar-refractivity contribution in [2.24, 2.45) is 0 Å². The lowest BCUT2D eigenvalue weighted by Crippen LogP contribution is -1.91. The lowest BCUT2D eigenvalue weighted by molar-refractivity contribution is 0.577. The molecule has 1 heteroatoms. The number of hydrogen-bond acceptors (Lipinski definition) is 1. The predicted octanol–water partition coefficient (Wildman–Crippen LogP) is 12.2. The minimum Gasteiger partial charge on any atom is -0.461 e. The largest absolute Gasteiger partial charge is 0.461 e. The van der Waals surface area contributed by atoms with Crippen molar-refractivity contribution in [2.75, 3.05) is 0 Å². The highest BCUT2D eigenvalue weighted by atomic mass is 16.3. The number of rotatable bonds is 4. The fourth-order valence-electron chi connectivity index (χ4n) is 6.72. The summed E-state index contributed by atoms with van der Waals surface area (Å²) in [6.45, 7) is 4.09. The van der Waals surface area contributed by atoms with E-state index in [0.29, 0.717) is 0 Å². The van der Waals surface area contributed by atoms with E-state index >= 15 is 0 Å². The highest BCUT2D eigenvalue weighted by Crippen LogP contribution is 2.44. The molecule has 1 nitrogen and oxygen atoms in total. The van der Waals surface area contributed by atoms with Gasteiger partial charge in [-0.15, -0.1) is 0 Å². The SMILES string of the molecule is C/C=C\c1c(C)oc2ccc(-c3c4ccccc4c(-c4ccc(-c5ccc6ccccc6c5)cc4)c4ccccc34)cc12. The Hall–Kier alpha value is -5.40. The van der Waals surface area contributed by atoms with E-state index in [0.717, 1.165) is 22.3 Å². The Morgan fingerprint density at radius 2 is 1.00 bits per heavy atom. The number of fused-ring (bicyclic) bond motifs is 4. The Balaban J connectivity index is 1.33. The first-order valence-corrected chi connectivity index (χ1v) is 14.9. The topological polar surface area (TPSA) is 13.1 Å². The molecule has 0 radical (unpaired) electrons. The van der Waals surface area contributed by atoms with Crippen molar-refractivity contribution in [1.82, 2.24) is 0 Å². The van der Waals surface area contributed by atoms with Gasteiger partial charge < -0.3 is 4.42 Å². The van der Waals surface area contributed by atoms with E-state index in [2.05, 4.69) is 153 Å². The lowest BCUT2D eigenvalue weighted by Gasteiger charge is -2.18. The van der Waals surface area contributed by atoms with Crippen molar-refractivity contribution in [3.05, 3.63) is 151 Å². The Bertz CT molecular complexity index is 2290. The number of allylic oxidation sites excluding steroid dienone is 1. The van der Waals surface area contributed by atoms with Gasteiger partial charge in [0.1, 0.15) is 11.3 Å². The molecule has 8 rings (SSSR count). The first-order chi connectivity index (χ1) is 21.2. The van der Waals surface area contributed by atoms with Crippen LogP contribution in [0, 0.1) is 6.92 Å². The van der Waals surface area contributed by atoms with Crippen LogP contribution in [0.2, 0.25) is 0 Å². The first-order valence-electron chi connectivity index (χ1n) is 14.9. The quantitative estimate of drug-likeness (QED) is 0.199. The van der Waals surface area contributed by atoms with Crippen LogP contribution in [0.5, 0.6) is 0 Å². The van der Waals surface area contributed by atoms with Crippen LogP contribution in [0.3, 0.4) is 0 Å². The Labute approximate surface area is 251 Å². The zero-order chi connectivity index (χ0) is 28.9. The molecule has 204 valence electrons. The van der Waals surface area contributed by atoms with Gasteiger partial charge in [-0.05, 0) is 97.7 Å². The number of furan rings is 1. The first kappa shape index (κ1) is 25.3. The van der Waals surface area contributed by atoms with Gasteiger partial charge in [-0.3, -0.25) is 0 Å². The monoisotopic (exact) mass is 550 g/mol. The van der Waals surface area contributed by atoms with Crippen LogP contribution in [0.25, 0.3) is 82.7 Å². The third-order valence-corrected chi connectivity index (χ3v) is 8.72. The molecule has 0 N–H and O–H groups in total. The van der Waals surface area contributed by atoms with E-state index < -0.39 is 0 Å². The summed E-state index contributed by atoms with van der Waals surface area (Å²) in [6, 6.07) is 48.6. The Morgan fingerprint density at radius 1 is 0.465 bits per heavy atom. The second-order valence-corrected chi connectivity index (χ2v) is 11.3. The molecule has 0 aliphatic heterocycles. The van der Waals surface area contributed by atoms with Gasteiger partial charge >= 0.3 is 0 Å². The van der Waals surface area contributed by atoms with Gasteiger partial charge in [-0.25, -0.2) is 0 Å². The summed E-state index contributed by atoms with van der Waals surface area (Å²) in [7, 11) is 0. The lowest BCUT2D eigenvalue weighted by atomic mass is 9.85. The molecule has 43 heavy (non-hydrogen) atoms. The number of aryl methyl sites for hydroxylation is 1. The molecule has 0 atom stereocenters. The zero-order valence-electron chi connectivity index (χ0n) is 24.3. The van der Waals surface area contributed by atoms with Gasteiger partial charge in [0.25, 0.3) is 0 Å². The molecule has 0 unspecified atom stereocenters. The van der Waals surface area contributed by atoms with Crippen molar-refractivity contribution in [2.45, 2.75) is 13.8 Å². The van der Waals surface area contributed by atoms with Crippen LogP contribution in [0.1, 0.15) is 18.2 Å². The maximum atomic E-state index is 6.11. The summed E-state index contributed by atoms with van der Waals surface area (Å²) in [5.74, 6) is 0.947. The summed E-state index contributed by atoms with van der Waals surface area (Å²) < 4.78 is 6.11. The van der Waals surface area contributed by atoms with E-state index in [9.17, 15) is 0 Å². The van der Waals surface area contributed by atoms with Gasteiger partial charge in [0.2, 0.25) is 0 Å². The van der Waals surface area contributed by atoms with Crippen molar-refractivity contribution < 1.29 is 4.42 Å². The minimum absolute atomic E-state index is 0.922. The normalized spacial score (nSPS) is 11.9. The molecule has 0 amide bonds. The number of hydrogen-bond donors (Lipinski definition) is 0. The molecular weight excluding hydrogens is 520 g/mol. The number of benzene rings is 7. The highest BCUT2D eigenvalue weighted by Gasteiger charge is 2.18. The van der Waals surface area contributed by atoms with Crippen molar-refractivity contribution >= 4 is 49.4 Å². The minimum atomic E-state index is 0.922. The molecule has 0 saturated heterocycles. The Kier molecular flexibility index (Phi) is 5.98. The smallest absolute Gasteiger partial charge is 0.134 e. The third-order valence-electron chi connectivity index (χ3n) is 8.72. The molecule has 0 aliphatic rings. The maximum Gasteiger partial charge on any atom is 0.134 e. The standard InChI is InChI=1S/C42H30O/c1-3-10-34-27(2)43-40-24-23-33(26-39(34)40)42-37-15-8-6-13-35(37)41(36-14-7-9-16-38(36)42)30-20-17-29(18-21-30)32-22-19-28-11-4-5-12-31(28)25-32/h3-26H,1-2H3/b10-3-.